The van der Waals surface area contributed by atoms with E-state index in [0.717, 1.165) is 21.9 Å². The predicted molar refractivity (Wildman–Crippen MR) is 106 cm³/mol. The summed E-state index contributed by atoms with van der Waals surface area (Å²) < 4.78 is 12.5. The number of benzene rings is 1. The molecule has 3 aromatic rings. The van der Waals surface area contributed by atoms with Gasteiger partial charge in [0.2, 0.25) is 11.8 Å². The first kappa shape index (κ1) is 19.4. The second kappa shape index (κ2) is 8.14. The van der Waals surface area contributed by atoms with Crippen molar-refractivity contribution in [2.24, 2.45) is 0 Å². The second-order valence-corrected chi connectivity index (χ2v) is 8.13. The smallest absolute Gasteiger partial charge is 0.237 e. The number of aromatic nitrogens is 3. The lowest BCUT2D eigenvalue weighted by Gasteiger charge is -2.12. The Bertz CT molecular complexity index is 927. The number of fused-ring (bicyclic) bond motifs is 1. The van der Waals surface area contributed by atoms with Crippen molar-refractivity contribution >= 4 is 34.6 Å². The molecule has 2 aromatic heterocycles. The number of anilines is 1. The highest BCUT2D eigenvalue weighted by atomic mass is 32.2. The summed E-state index contributed by atoms with van der Waals surface area (Å²) >= 11 is 1.39. The third kappa shape index (κ3) is 4.70. The molecule has 0 saturated heterocycles. The molecule has 1 N–H and O–H groups in total. The largest absolute Gasteiger partial charge is 0.383 e. The van der Waals surface area contributed by atoms with E-state index in [1.165, 1.54) is 11.8 Å². The maximum absolute atomic E-state index is 12.3. The number of imidazole rings is 1. The minimum absolute atomic E-state index is 0.132. The Morgan fingerprint density at radius 3 is 2.81 bits per heavy atom. The molecule has 0 spiro atoms. The number of amides is 1. The maximum Gasteiger partial charge on any atom is 0.237 e. The lowest BCUT2D eigenvalue weighted by molar-refractivity contribution is -0.113. The maximum atomic E-state index is 12.3. The molecule has 0 saturated carbocycles. The van der Waals surface area contributed by atoms with Gasteiger partial charge < -0.3 is 13.8 Å². The van der Waals surface area contributed by atoms with E-state index in [9.17, 15) is 4.79 Å². The molecule has 1 aromatic carbocycles. The Labute approximate surface area is 162 Å². The van der Waals surface area contributed by atoms with Gasteiger partial charge in [-0.2, -0.15) is 0 Å². The lowest BCUT2D eigenvalue weighted by Crippen LogP contribution is -2.15. The monoisotopic (exact) mass is 388 g/mol. The summed E-state index contributed by atoms with van der Waals surface area (Å²) in [5, 5.41) is 7.55. The van der Waals surface area contributed by atoms with Crippen LogP contribution in [-0.4, -0.2) is 40.1 Å². The second-order valence-electron chi connectivity index (χ2n) is 7.19. The van der Waals surface area contributed by atoms with Crippen molar-refractivity contribution in [3.8, 4) is 0 Å². The summed E-state index contributed by atoms with van der Waals surface area (Å²) in [6.07, 6.45) is 0. The standard InChI is InChI=1S/C19H24N4O3S/c1-19(2,3)15-11-17(26-22-15)21-16(24)12-27-18-20-13-7-5-6-8-14(13)23(18)9-10-25-4/h5-8,11H,9-10,12H2,1-4H3,(H,21,24). The highest BCUT2D eigenvalue weighted by Crippen LogP contribution is 2.26. The van der Waals surface area contributed by atoms with Crippen molar-refractivity contribution in [3.05, 3.63) is 36.0 Å². The van der Waals surface area contributed by atoms with Crippen LogP contribution in [0.15, 0.2) is 40.0 Å². The van der Waals surface area contributed by atoms with Crippen molar-refractivity contribution in [1.82, 2.24) is 14.7 Å². The van der Waals surface area contributed by atoms with E-state index in [1.54, 1.807) is 13.2 Å². The molecule has 0 fully saturated rings. The average molecular weight is 388 g/mol. The number of thioether (sulfide) groups is 1. The molecule has 0 aliphatic heterocycles. The number of nitrogens with zero attached hydrogens (tertiary/aromatic N) is 3. The van der Waals surface area contributed by atoms with E-state index >= 15 is 0 Å². The van der Waals surface area contributed by atoms with Crippen LogP contribution in [0.3, 0.4) is 0 Å². The molecule has 27 heavy (non-hydrogen) atoms. The SMILES string of the molecule is COCCn1c(SCC(=O)Nc2cc(C(C)(C)C)no2)nc2ccccc21. The zero-order valence-corrected chi connectivity index (χ0v) is 16.8. The van der Waals surface area contributed by atoms with E-state index in [0.29, 0.717) is 19.0 Å². The molecule has 144 valence electrons. The van der Waals surface area contributed by atoms with Crippen LogP contribution in [0.1, 0.15) is 26.5 Å². The van der Waals surface area contributed by atoms with Gasteiger partial charge in [0.15, 0.2) is 5.16 Å². The summed E-state index contributed by atoms with van der Waals surface area (Å²) in [6, 6.07) is 9.67. The fourth-order valence-electron chi connectivity index (χ4n) is 2.55. The summed E-state index contributed by atoms with van der Waals surface area (Å²) in [4.78, 5) is 16.9. The van der Waals surface area contributed by atoms with Gasteiger partial charge in [-0.1, -0.05) is 49.8 Å². The number of nitrogens with one attached hydrogen (secondary N) is 1. The minimum Gasteiger partial charge on any atom is -0.383 e. The number of carbonyl (C=O) groups excluding carboxylic acids is 1. The first-order chi connectivity index (χ1) is 12.9. The van der Waals surface area contributed by atoms with Gasteiger partial charge in [-0.3, -0.25) is 10.1 Å². The predicted octanol–water partition coefficient (Wildman–Crippen LogP) is 3.70. The van der Waals surface area contributed by atoms with Crippen molar-refractivity contribution in [2.75, 3.05) is 24.8 Å². The number of hydrogen-bond donors (Lipinski definition) is 1. The van der Waals surface area contributed by atoms with Crippen LogP contribution in [0.2, 0.25) is 0 Å². The fourth-order valence-corrected chi connectivity index (χ4v) is 3.39. The Morgan fingerprint density at radius 2 is 2.11 bits per heavy atom. The Hall–Kier alpha value is -2.32. The van der Waals surface area contributed by atoms with Crippen LogP contribution < -0.4 is 5.32 Å². The van der Waals surface area contributed by atoms with Crippen LogP contribution in [-0.2, 0) is 21.5 Å². The van der Waals surface area contributed by atoms with Gasteiger partial charge >= 0.3 is 0 Å². The molecule has 0 atom stereocenters. The van der Waals surface area contributed by atoms with E-state index in [4.69, 9.17) is 9.26 Å². The van der Waals surface area contributed by atoms with Gasteiger partial charge in [0.25, 0.3) is 0 Å². The first-order valence-electron chi connectivity index (χ1n) is 8.72. The zero-order valence-electron chi connectivity index (χ0n) is 16.0. The van der Waals surface area contributed by atoms with Gasteiger partial charge in [-0.25, -0.2) is 4.98 Å². The quantitative estimate of drug-likeness (QED) is 0.622. The van der Waals surface area contributed by atoms with Crippen molar-refractivity contribution < 1.29 is 14.1 Å². The number of rotatable bonds is 7. The highest BCUT2D eigenvalue weighted by Gasteiger charge is 2.20. The Balaban J connectivity index is 1.67. The van der Waals surface area contributed by atoms with Gasteiger partial charge in [0, 0.05) is 25.1 Å². The number of para-hydroxylation sites is 2. The molecule has 7 nitrogen and oxygen atoms in total. The number of methoxy groups -OCH3 is 1. The van der Waals surface area contributed by atoms with E-state index in [2.05, 4.69) is 20.0 Å². The highest BCUT2D eigenvalue weighted by molar-refractivity contribution is 7.99. The van der Waals surface area contributed by atoms with Crippen LogP contribution in [0.25, 0.3) is 11.0 Å². The number of carbonyl (C=O) groups is 1. The van der Waals surface area contributed by atoms with Crippen molar-refractivity contribution in [1.29, 1.82) is 0 Å². The number of hydrogen-bond acceptors (Lipinski definition) is 6. The molecule has 0 bridgehead atoms. The first-order valence-corrected chi connectivity index (χ1v) is 9.71. The average Bonchev–Trinajstić information content (AvgIpc) is 3.22. The zero-order chi connectivity index (χ0) is 19.4. The molecular weight excluding hydrogens is 364 g/mol. The van der Waals surface area contributed by atoms with Crippen LogP contribution in [0.4, 0.5) is 5.88 Å². The van der Waals surface area contributed by atoms with E-state index < -0.39 is 0 Å². The summed E-state index contributed by atoms with van der Waals surface area (Å²) in [6.45, 7) is 7.37. The normalized spacial score (nSPS) is 11.9. The molecule has 0 aliphatic carbocycles. The van der Waals surface area contributed by atoms with Gasteiger partial charge in [-0.15, -0.1) is 0 Å². The Kier molecular flexibility index (Phi) is 5.86. The minimum atomic E-state index is -0.165. The topological polar surface area (TPSA) is 82.2 Å². The molecule has 0 radical (unpaired) electrons. The lowest BCUT2D eigenvalue weighted by atomic mass is 9.92. The fraction of sp³-hybridized carbons (Fsp3) is 0.421. The third-order valence-electron chi connectivity index (χ3n) is 4.01. The van der Waals surface area contributed by atoms with E-state index in [1.807, 2.05) is 45.0 Å². The van der Waals surface area contributed by atoms with Crippen LogP contribution in [0.5, 0.6) is 0 Å². The molecule has 8 heteroatoms. The summed E-state index contributed by atoms with van der Waals surface area (Å²) in [5.74, 6) is 0.419. The molecular formula is C19H24N4O3S. The summed E-state index contributed by atoms with van der Waals surface area (Å²) in [5.41, 5.74) is 2.60. The number of ether oxygens (including phenoxy) is 1. The van der Waals surface area contributed by atoms with Gasteiger partial charge in [0.05, 0.1) is 29.1 Å². The van der Waals surface area contributed by atoms with Crippen LogP contribution >= 0.6 is 11.8 Å². The Morgan fingerprint density at radius 1 is 1.33 bits per heavy atom. The molecule has 2 heterocycles. The van der Waals surface area contributed by atoms with Crippen molar-refractivity contribution in [3.63, 3.8) is 0 Å². The third-order valence-corrected chi connectivity index (χ3v) is 4.99. The van der Waals surface area contributed by atoms with Crippen LogP contribution in [0, 0.1) is 0 Å². The van der Waals surface area contributed by atoms with Gasteiger partial charge in [0.1, 0.15) is 0 Å². The molecule has 1 amide bonds. The van der Waals surface area contributed by atoms with Crippen molar-refractivity contribution in [2.45, 2.75) is 37.9 Å². The van der Waals surface area contributed by atoms with Gasteiger partial charge in [-0.05, 0) is 12.1 Å². The summed E-state index contributed by atoms with van der Waals surface area (Å²) in [7, 11) is 1.67. The molecule has 3 rings (SSSR count). The molecule has 0 aliphatic rings. The van der Waals surface area contributed by atoms with E-state index in [-0.39, 0.29) is 17.1 Å². The molecule has 0 unspecified atom stereocenters.